The highest BCUT2D eigenvalue weighted by atomic mass is 32.2. The number of para-hydroxylation sites is 1. The van der Waals surface area contributed by atoms with E-state index in [1.54, 1.807) is 65.6 Å². The molecule has 3 aromatic rings. The highest BCUT2D eigenvalue weighted by Crippen LogP contribution is 2.67. The summed E-state index contributed by atoms with van der Waals surface area (Å²) in [6.45, 7) is 10.9. The number of halogens is 2. The topological polar surface area (TPSA) is 160 Å². The SMILES string of the molecule is CC(=O)N1CC[C@H]2CC[C@@H](C(=O)N(C)c3ccccc3)N2C(=O)[C@@H](NC(=O)c2cc3cc(C(F)(F)P(=O)(OCCSC(=O)C(C)(C)C)OCCSC(=O)C(C)(C)C)ccc3s2)C1. The van der Waals surface area contributed by atoms with Crippen molar-refractivity contribution < 1.29 is 51.2 Å². The molecule has 2 aliphatic rings. The number of hydrogen-bond acceptors (Lipinski definition) is 12. The summed E-state index contributed by atoms with van der Waals surface area (Å²) in [6.07, 6.45) is 1.41. The summed E-state index contributed by atoms with van der Waals surface area (Å²) in [5, 5.41) is 2.57. The molecule has 3 atom stereocenters. The molecule has 0 aliphatic carbocycles. The molecule has 19 heteroatoms. The van der Waals surface area contributed by atoms with E-state index < -0.39 is 66.8 Å². The van der Waals surface area contributed by atoms with Gasteiger partial charge >= 0.3 is 13.3 Å². The Labute approximate surface area is 373 Å². The first-order chi connectivity index (χ1) is 28.9. The van der Waals surface area contributed by atoms with Crippen LogP contribution in [0, 0.1) is 10.8 Å². The number of fused-ring (bicyclic) bond motifs is 2. The Hall–Kier alpha value is -3.67. The summed E-state index contributed by atoms with van der Waals surface area (Å²) in [7, 11) is -3.65. The molecule has 5 rings (SSSR count). The number of nitrogens with zero attached hydrogens (tertiary/aromatic N) is 3. The summed E-state index contributed by atoms with van der Waals surface area (Å²) < 4.78 is 58.1. The first-order valence-electron chi connectivity index (χ1n) is 20.3. The van der Waals surface area contributed by atoms with Gasteiger partial charge in [-0.15, -0.1) is 11.3 Å². The number of thiophene rings is 1. The Morgan fingerprint density at radius 2 is 1.48 bits per heavy atom. The molecule has 0 unspecified atom stereocenters. The lowest BCUT2D eigenvalue weighted by atomic mass is 9.99. The largest absolute Gasteiger partial charge is 0.404 e. The van der Waals surface area contributed by atoms with Gasteiger partial charge in [0.15, 0.2) is 10.2 Å². The quantitative estimate of drug-likeness (QED) is 0.123. The van der Waals surface area contributed by atoms with Gasteiger partial charge in [-0.3, -0.25) is 33.3 Å². The molecule has 2 saturated heterocycles. The van der Waals surface area contributed by atoms with Gasteiger partial charge in [0.1, 0.15) is 12.1 Å². The number of hydrogen-bond donors (Lipinski definition) is 1. The summed E-state index contributed by atoms with van der Waals surface area (Å²) in [4.78, 5) is 84.3. The van der Waals surface area contributed by atoms with E-state index in [0.29, 0.717) is 36.2 Å². The average molecular weight is 937 g/mol. The maximum absolute atomic E-state index is 16.5. The van der Waals surface area contributed by atoms with Crippen LogP contribution in [0.15, 0.2) is 54.6 Å². The van der Waals surface area contributed by atoms with Gasteiger partial charge in [-0.05, 0) is 55.0 Å². The Morgan fingerprint density at radius 3 is 2.05 bits per heavy atom. The summed E-state index contributed by atoms with van der Waals surface area (Å²) >= 11 is 2.71. The van der Waals surface area contributed by atoms with Gasteiger partial charge in [0.05, 0.1) is 18.1 Å². The van der Waals surface area contributed by atoms with Crippen LogP contribution < -0.4 is 10.2 Å². The van der Waals surface area contributed by atoms with Crippen LogP contribution in [0.25, 0.3) is 10.1 Å². The molecule has 1 N–H and O–H groups in total. The van der Waals surface area contributed by atoms with E-state index >= 15 is 8.78 Å². The van der Waals surface area contributed by atoms with Crippen molar-refractivity contribution in [2.75, 3.05) is 49.8 Å². The number of likely N-dealkylation sites (N-methyl/N-ethyl adjacent to an activating group) is 1. The van der Waals surface area contributed by atoms with Crippen LogP contribution in [-0.4, -0.2) is 107 Å². The molecule has 338 valence electrons. The number of benzene rings is 2. The van der Waals surface area contributed by atoms with Gasteiger partial charge in [-0.2, -0.15) is 8.78 Å². The van der Waals surface area contributed by atoms with E-state index in [1.807, 2.05) is 18.2 Å². The molecule has 13 nitrogen and oxygen atoms in total. The third-order valence-electron chi connectivity index (χ3n) is 10.5. The Bertz CT molecular complexity index is 2170. The third kappa shape index (κ3) is 11.5. The van der Waals surface area contributed by atoms with Crippen LogP contribution in [0.5, 0.6) is 0 Å². The molecule has 2 aromatic carbocycles. The summed E-state index contributed by atoms with van der Waals surface area (Å²) in [6, 6.07) is 11.6. The zero-order valence-corrected chi connectivity index (χ0v) is 39.6. The van der Waals surface area contributed by atoms with Crippen molar-refractivity contribution in [2.45, 2.75) is 91.5 Å². The number of nitrogens with one attached hydrogen (secondary N) is 1. The van der Waals surface area contributed by atoms with E-state index in [-0.39, 0.29) is 56.4 Å². The van der Waals surface area contributed by atoms with Crippen LogP contribution >= 0.6 is 42.5 Å². The van der Waals surface area contributed by atoms with Crippen LogP contribution in [-0.2, 0) is 43.2 Å². The van der Waals surface area contributed by atoms with Gasteiger partial charge in [-0.1, -0.05) is 89.3 Å². The lowest BCUT2D eigenvalue weighted by Crippen LogP contribution is -2.61. The molecule has 4 amide bonds. The van der Waals surface area contributed by atoms with Gasteiger partial charge in [-0.25, -0.2) is 0 Å². The van der Waals surface area contributed by atoms with Crippen LogP contribution in [0.3, 0.4) is 0 Å². The molecule has 0 radical (unpaired) electrons. The lowest BCUT2D eigenvalue weighted by Gasteiger charge is -2.39. The number of carbonyl (C=O) groups excluding carboxylic acids is 6. The summed E-state index contributed by atoms with van der Waals surface area (Å²) in [5.41, 5.74) is -5.64. The zero-order valence-electron chi connectivity index (χ0n) is 36.2. The van der Waals surface area contributed by atoms with Gasteiger partial charge in [0, 0.05) is 71.4 Å². The number of alkyl halides is 2. The number of amides is 4. The fourth-order valence-electron chi connectivity index (χ4n) is 6.96. The molecule has 2 fully saturated rings. The number of anilines is 1. The molecule has 3 heterocycles. The smallest absolute Gasteiger partial charge is 0.340 e. The second kappa shape index (κ2) is 20.0. The third-order valence-corrected chi connectivity index (χ3v) is 16.1. The molecule has 2 aliphatic heterocycles. The number of rotatable bonds is 14. The van der Waals surface area contributed by atoms with Crippen LogP contribution in [0.2, 0.25) is 0 Å². The predicted molar refractivity (Wildman–Crippen MR) is 241 cm³/mol. The van der Waals surface area contributed by atoms with Crippen molar-refractivity contribution in [2.24, 2.45) is 10.8 Å². The maximum Gasteiger partial charge on any atom is 0.404 e. The second-order valence-electron chi connectivity index (χ2n) is 17.3. The molecule has 0 spiro atoms. The van der Waals surface area contributed by atoms with E-state index in [0.717, 1.165) is 47.0 Å². The summed E-state index contributed by atoms with van der Waals surface area (Å²) in [5.74, 6) is -1.88. The van der Waals surface area contributed by atoms with Crippen molar-refractivity contribution in [1.29, 1.82) is 0 Å². The fraction of sp³-hybridized carbons (Fsp3) is 0.535. The second-order valence-corrected chi connectivity index (χ2v) is 22.6. The minimum absolute atomic E-state index is 0.0629. The first-order valence-corrected chi connectivity index (χ1v) is 24.6. The average Bonchev–Trinajstić information content (AvgIpc) is 3.84. The van der Waals surface area contributed by atoms with Crippen molar-refractivity contribution in [3.05, 3.63) is 65.0 Å². The van der Waals surface area contributed by atoms with E-state index in [2.05, 4.69) is 5.32 Å². The normalized spacial score (nSPS) is 18.9. The molecule has 1 aromatic heterocycles. The molecule has 0 saturated carbocycles. The number of thioether (sulfide) groups is 2. The Kier molecular flexibility index (Phi) is 15.9. The standard InChI is InChI=1S/C43H55F2N4O9PS3/c1-27(50)48-19-18-31-15-16-33(38(53)47(8)30-12-10-9-11-13-30)49(31)37(52)32(26-48)46-36(51)35-25-28-24-29(14-17-34(28)62-35)43(44,45)59(56,57-20-22-60-39(54)41(2,3)4)58-21-23-61-40(55)42(5,6)7/h9-14,17,24-25,31-33H,15-16,18-23,26H2,1-8H3,(H,46,51)/t31-,32+,33+/m1/s1. The van der Waals surface area contributed by atoms with Crippen molar-refractivity contribution in [3.8, 4) is 0 Å². The number of carbonyl (C=O) groups is 6. The van der Waals surface area contributed by atoms with Crippen molar-refractivity contribution >= 4 is 92.1 Å². The molecular weight excluding hydrogens is 882 g/mol. The highest BCUT2D eigenvalue weighted by Gasteiger charge is 2.55. The monoisotopic (exact) mass is 936 g/mol. The highest BCUT2D eigenvalue weighted by molar-refractivity contribution is 8.14. The van der Waals surface area contributed by atoms with Crippen LogP contribution in [0.4, 0.5) is 14.5 Å². The minimum atomic E-state index is -5.29. The zero-order chi connectivity index (χ0) is 45.8. The lowest BCUT2D eigenvalue weighted by molar-refractivity contribution is -0.144. The first kappa shape index (κ1) is 49.3. The molecular formula is C43H55F2N4O9PS3. The van der Waals surface area contributed by atoms with Gasteiger partial charge in [0.25, 0.3) is 5.91 Å². The Morgan fingerprint density at radius 1 is 0.887 bits per heavy atom. The Balaban J connectivity index is 1.37. The van der Waals surface area contributed by atoms with Crippen LogP contribution in [0.1, 0.15) is 83.0 Å². The molecule has 62 heavy (non-hydrogen) atoms. The van der Waals surface area contributed by atoms with E-state index in [4.69, 9.17) is 9.05 Å². The predicted octanol–water partition coefficient (Wildman–Crippen LogP) is 8.16. The molecule has 0 bridgehead atoms. The van der Waals surface area contributed by atoms with E-state index in [9.17, 15) is 33.3 Å². The van der Waals surface area contributed by atoms with Crippen molar-refractivity contribution in [1.82, 2.24) is 15.1 Å². The fourth-order valence-corrected chi connectivity index (χ4v) is 11.2. The van der Waals surface area contributed by atoms with Gasteiger partial charge in [0.2, 0.25) is 17.7 Å². The maximum atomic E-state index is 16.5. The van der Waals surface area contributed by atoms with Gasteiger partial charge < -0.3 is 29.1 Å². The van der Waals surface area contributed by atoms with E-state index in [1.165, 1.54) is 28.9 Å². The minimum Gasteiger partial charge on any atom is -0.340 e. The van der Waals surface area contributed by atoms with Crippen molar-refractivity contribution in [3.63, 3.8) is 0 Å².